The number of para-hydroxylation sites is 1. The minimum absolute atomic E-state index is 0.0292. The van der Waals surface area contributed by atoms with Crippen molar-refractivity contribution in [2.45, 2.75) is 47.5 Å². The minimum Gasteiger partial charge on any atom is -0.505 e. The van der Waals surface area contributed by atoms with E-state index in [1.807, 2.05) is 19.9 Å². The van der Waals surface area contributed by atoms with Crippen molar-refractivity contribution in [3.05, 3.63) is 58.7 Å². The molecular weight excluding hydrogens is 392 g/mol. The fourth-order valence-corrected chi connectivity index (χ4v) is 2.90. The van der Waals surface area contributed by atoms with Crippen LogP contribution in [0.4, 0.5) is 5.69 Å². The van der Waals surface area contributed by atoms with E-state index in [0.717, 1.165) is 12.0 Å². The number of rotatable bonds is 9. The van der Waals surface area contributed by atoms with Crippen molar-refractivity contribution in [3.8, 4) is 5.75 Å². The molecule has 31 heavy (non-hydrogen) atoms. The van der Waals surface area contributed by atoms with Crippen LogP contribution in [0.5, 0.6) is 5.75 Å². The summed E-state index contributed by atoms with van der Waals surface area (Å²) in [6.07, 6.45) is 1.45. The molecule has 0 saturated heterocycles. The number of anilines is 1. The van der Waals surface area contributed by atoms with Crippen LogP contribution in [0.2, 0.25) is 0 Å². The molecule has 0 fully saturated rings. The molecule has 0 aromatic heterocycles. The van der Waals surface area contributed by atoms with Crippen molar-refractivity contribution >= 4 is 23.0 Å². The number of aryl methyl sites for hydroxylation is 4. The van der Waals surface area contributed by atoms with Crippen LogP contribution in [-0.2, 0) is 17.6 Å². The number of hydrogen-bond acceptors (Lipinski definition) is 6. The molecule has 0 unspecified atom stereocenters. The first kappa shape index (κ1) is 25.8. The van der Waals surface area contributed by atoms with Crippen molar-refractivity contribution in [2.24, 2.45) is 5.10 Å². The normalized spacial score (nSPS) is 10.7. The first-order valence-electron chi connectivity index (χ1n) is 10.5. The molecule has 7 heteroatoms. The van der Waals surface area contributed by atoms with Crippen LogP contribution in [-0.4, -0.2) is 40.7 Å². The second-order valence-corrected chi connectivity index (χ2v) is 6.92. The van der Waals surface area contributed by atoms with Gasteiger partial charge in [-0.05, 0) is 56.4 Å². The highest BCUT2D eigenvalue weighted by molar-refractivity contribution is 6.66. The number of phenolic OH excluding ortho intramolecular Hbond substituents is 1. The number of nitrogens with one attached hydrogen (secondary N) is 3. The van der Waals surface area contributed by atoms with Gasteiger partial charge in [0.1, 0.15) is 5.75 Å². The lowest BCUT2D eigenvalue weighted by Crippen LogP contribution is -2.36. The number of aliphatic hydroxyl groups is 1. The Hall–Kier alpha value is -3.19. The Morgan fingerprint density at radius 1 is 1.10 bits per heavy atom. The van der Waals surface area contributed by atoms with Crippen LogP contribution in [0.3, 0.4) is 0 Å². The van der Waals surface area contributed by atoms with E-state index >= 15 is 0 Å². The SMILES string of the molecule is CC.CC(=N)/C(=N/Nc1cccc(CCc2cc(C)ccc2C)c1O)C(=O)NCCO. The monoisotopic (exact) mass is 426 g/mol. The van der Waals surface area contributed by atoms with Gasteiger partial charge < -0.3 is 20.9 Å². The summed E-state index contributed by atoms with van der Waals surface area (Å²) in [6, 6.07) is 11.6. The minimum atomic E-state index is -0.565. The van der Waals surface area contributed by atoms with Crippen LogP contribution in [0.25, 0.3) is 0 Å². The first-order valence-corrected chi connectivity index (χ1v) is 10.5. The quantitative estimate of drug-likeness (QED) is 0.238. The summed E-state index contributed by atoms with van der Waals surface area (Å²) in [7, 11) is 0. The molecule has 7 nitrogen and oxygen atoms in total. The van der Waals surface area contributed by atoms with Gasteiger partial charge in [0.2, 0.25) is 0 Å². The lowest BCUT2D eigenvalue weighted by Gasteiger charge is -2.12. The zero-order valence-corrected chi connectivity index (χ0v) is 19.0. The summed E-state index contributed by atoms with van der Waals surface area (Å²) in [6.45, 7) is 9.45. The van der Waals surface area contributed by atoms with E-state index in [2.05, 4.69) is 47.9 Å². The van der Waals surface area contributed by atoms with Gasteiger partial charge in [0, 0.05) is 6.54 Å². The highest BCUT2D eigenvalue weighted by atomic mass is 16.3. The van der Waals surface area contributed by atoms with Crippen molar-refractivity contribution in [1.82, 2.24) is 5.32 Å². The predicted octanol–water partition coefficient (Wildman–Crippen LogP) is 3.74. The van der Waals surface area contributed by atoms with Gasteiger partial charge in [-0.3, -0.25) is 10.2 Å². The Kier molecular flexibility index (Phi) is 11.0. The Bertz CT molecular complexity index is 923. The fourth-order valence-electron chi connectivity index (χ4n) is 2.90. The highest BCUT2D eigenvalue weighted by Crippen LogP contribution is 2.29. The first-order chi connectivity index (χ1) is 14.8. The third-order valence-electron chi connectivity index (χ3n) is 4.54. The molecule has 0 saturated carbocycles. The van der Waals surface area contributed by atoms with Crippen LogP contribution in [0.1, 0.15) is 43.0 Å². The number of aliphatic hydroxyl groups excluding tert-OH is 1. The molecule has 0 aliphatic carbocycles. The van der Waals surface area contributed by atoms with E-state index in [9.17, 15) is 9.90 Å². The number of aromatic hydroxyl groups is 1. The third kappa shape index (κ3) is 7.86. The van der Waals surface area contributed by atoms with Gasteiger partial charge in [0.05, 0.1) is 18.0 Å². The van der Waals surface area contributed by atoms with Crippen LogP contribution < -0.4 is 10.7 Å². The summed E-state index contributed by atoms with van der Waals surface area (Å²) in [4.78, 5) is 12.0. The standard InChI is InChI=1S/C22H28N4O3.C2H6/c1-14-7-8-15(2)18(13-14)10-9-17-5-4-6-19(21(17)28)25-26-20(16(3)23)22(29)24-11-12-27;1-2/h4-8,13,23,25,27-28H,9-12H2,1-3H3,(H,24,29);1-2H3/b23-16?,26-20-;. The van der Waals surface area contributed by atoms with E-state index in [1.165, 1.54) is 23.6 Å². The van der Waals surface area contributed by atoms with E-state index in [4.69, 9.17) is 10.5 Å². The van der Waals surface area contributed by atoms with Gasteiger partial charge in [-0.25, -0.2) is 0 Å². The zero-order valence-electron chi connectivity index (χ0n) is 19.0. The number of amides is 1. The van der Waals surface area contributed by atoms with Crippen molar-refractivity contribution in [2.75, 3.05) is 18.6 Å². The van der Waals surface area contributed by atoms with Gasteiger partial charge in [0.25, 0.3) is 5.91 Å². The second-order valence-electron chi connectivity index (χ2n) is 6.92. The number of hydrazone groups is 1. The smallest absolute Gasteiger partial charge is 0.273 e. The van der Waals surface area contributed by atoms with E-state index in [0.29, 0.717) is 12.1 Å². The molecule has 1 amide bonds. The van der Waals surface area contributed by atoms with Crippen LogP contribution >= 0.6 is 0 Å². The number of phenols is 1. The maximum absolute atomic E-state index is 12.0. The van der Waals surface area contributed by atoms with Crippen LogP contribution in [0.15, 0.2) is 41.5 Å². The average molecular weight is 427 g/mol. The van der Waals surface area contributed by atoms with Gasteiger partial charge in [0.15, 0.2) is 5.71 Å². The van der Waals surface area contributed by atoms with Crippen molar-refractivity contribution in [1.29, 1.82) is 5.41 Å². The van der Waals surface area contributed by atoms with Gasteiger partial charge >= 0.3 is 0 Å². The Labute approximate surface area is 184 Å². The molecule has 168 valence electrons. The van der Waals surface area contributed by atoms with E-state index in [-0.39, 0.29) is 30.3 Å². The lowest BCUT2D eigenvalue weighted by atomic mass is 9.98. The molecule has 0 spiro atoms. The van der Waals surface area contributed by atoms with Crippen molar-refractivity contribution in [3.63, 3.8) is 0 Å². The number of nitrogens with zero attached hydrogens (tertiary/aromatic N) is 1. The molecule has 0 aliphatic heterocycles. The summed E-state index contributed by atoms with van der Waals surface area (Å²) >= 11 is 0. The van der Waals surface area contributed by atoms with E-state index < -0.39 is 5.91 Å². The number of carbonyl (C=O) groups excluding carboxylic acids is 1. The number of benzene rings is 2. The Morgan fingerprint density at radius 2 is 1.77 bits per heavy atom. The summed E-state index contributed by atoms with van der Waals surface area (Å²) in [5.74, 6) is -0.496. The molecule has 0 atom stereocenters. The number of carbonyl (C=O) groups is 1. The van der Waals surface area contributed by atoms with Crippen LogP contribution in [0, 0.1) is 19.3 Å². The average Bonchev–Trinajstić information content (AvgIpc) is 2.76. The maximum atomic E-state index is 12.0. The van der Waals surface area contributed by atoms with E-state index in [1.54, 1.807) is 12.1 Å². The molecular formula is C24H34N4O3. The molecule has 0 radical (unpaired) electrons. The molecule has 0 heterocycles. The highest BCUT2D eigenvalue weighted by Gasteiger charge is 2.14. The fraction of sp³-hybridized carbons (Fsp3) is 0.375. The molecule has 2 aromatic carbocycles. The number of hydrogen-bond donors (Lipinski definition) is 5. The third-order valence-corrected chi connectivity index (χ3v) is 4.54. The summed E-state index contributed by atoms with van der Waals surface area (Å²) in [5, 5.41) is 33.6. The molecule has 2 rings (SSSR count). The molecule has 0 bridgehead atoms. The van der Waals surface area contributed by atoms with Gasteiger partial charge in [-0.15, -0.1) is 0 Å². The lowest BCUT2D eigenvalue weighted by molar-refractivity contribution is -0.114. The summed E-state index contributed by atoms with van der Waals surface area (Å²) < 4.78 is 0. The van der Waals surface area contributed by atoms with Gasteiger partial charge in [-0.1, -0.05) is 49.7 Å². The summed E-state index contributed by atoms with van der Waals surface area (Å²) in [5.41, 5.74) is 7.33. The topological polar surface area (TPSA) is 118 Å². The van der Waals surface area contributed by atoms with Gasteiger partial charge in [-0.2, -0.15) is 5.10 Å². The second kappa shape index (κ2) is 13.2. The molecule has 5 N–H and O–H groups in total. The van der Waals surface area contributed by atoms with Crippen molar-refractivity contribution < 1.29 is 15.0 Å². The largest absolute Gasteiger partial charge is 0.505 e. The molecule has 0 aliphatic rings. The maximum Gasteiger partial charge on any atom is 0.273 e. The predicted molar refractivity (Wildman–Crippen MR) is 127 cm³/mol. The molecule has 2 aromatic rings. The zero-order chi connectivity index (χ0) is 23.4. The Balaban J connectivity index is 0.00000233. The Morgan fingerprint density at radius 3 is 2.42 bits per heavy atom.